The first-order chi connectivity index (χ1) is 7.22. The molecular weight excluding hydrogens is 194 g/mol. The highest BCUT2D eigenvalue weighted by molar-refractivity contribution is 5.77. The summed E-state index contributed by atoms with van der Waals surface area (Å²) < 4.78 is 9.92. The van der Waals surface area contributed by atoms with Gasteiger partial charge in [0.15, 0.2) is 0 Å². The van der Waals surface area contributed by atoms with Gasteiger partial charge in [-0.15, -0.1) is 0 Å². The zero-order valence-electron chi connectivity index (χ0n) is 9.16. The van der Waals surface area contributed by atoms with Crippen LogP contribution in [0.5, 0.6) is 0 Å². The van der Waals surface area contributed by atoms with Crippen molar-refractivity contribution >= 4 is 5.91 Å². The van der Waals surface area contributed by atoms with Crippen LogP contribution >= 0.6 is 0 Å². The molecular formula is C11H17NO3. The lowest BCUT2D eigenvalue weighted by molar-refractivity contribution is -0.125. The Morgan fingerprint density at radius 3 is 3.07 bits per heavy atom. The molecule has 0 spiro atoms. The Morgan fingerprint density at radius 1 is 1.67 bits per heavy atom. The van der Waals surface area contributed by atoms with Gasteiger partial charge in [0.05, 0.1) is 6.26 Å². The van der Waals surface area contributed by atoms with E-state index in [1.807, 2.05) is 19.1 Å². The van der Waals surface area contributed by atoms with Crippen molar-refractivity contribution < 1.29 is 13.9 Å². The van der Waals surface area contributed by atoms with Crippen LogP contribution in [-0.2, 0) is 16.0 Å². The molecule has 15 heavy (non-hydrogen) atoms. The van der Waals surface area contributed by atoms with E-state index in [0.717, 1.165) is 18.6 Å². The molecule has 0 aromatic carbocycles. The van der Waals surface area contributed by atoms with Crippen molar-refractivity contribution in [3.05, 3.63) is 24.2 Å². The van der Waals surface area contributed by atoms with Crippen LogP contribution in [0.3, 0.4) is 0 Å². The second kappa shape index (κ2) is 6.24. The number of hydrogen-bond donors (Lipinski definition) is 1. The number of nitrogens with one attached hydrogen (secondary N) is 1. The zero-order valence-corrected chi connectivity index (χ0v) is 9.16. The first-order valence-electron chi connectivity index (χ1n) is 5.03. The summed E-state index contributed by atoms with van der Waals surface area (Å²) in [6.07, 6.45) is 3.36. The average Bonchev–Trinajstić information content (AvgIpc) is 2.67. The van der Waals surface area contributed by atoms with E-state index in [1.165, 1.54) is 7.11 Å². The molecule has 1 amide bonds. The molecule has 1 N–H and O–H groups in total. The number of amides is 1. The molecule has 4 heteroatoms. The van der Waals surface area contributed by atoms with Gasteiger partial charge in [0, 0.05) is 19.6 Å². The van der Waals surface area contributed by atoms with Crippen molar-refractivity contribution in [3.63, 3.8) is 0 Å². The highest BCUT2D eigenvalue weighted by Crippen LogP contribution is 2.05. The summed E-state index contributed by atoms with van der Waals surface area (Å²) in [5.74, 6) is 0.868. The number of hydrogen-bond acceptors (Lipinski definition) is 3. The third-order valence-corrected chi connectivity index (χ3v) is 2.09. The first-order valence-corrected chi connectivity index (χ1v) is 5.03. The standard InChI is InChI=1S/C11H17NO3/c1-9(12-11(13)8-14-2)5-6-10-4-3-7-15-10/h3-4,7,9H,5-6,8H2,1-2H3,(H,12,13)/t9-/m1/s1. The summed E-state index contributed by atoms with van der Waals surface area (Å²) in [5, 5.41) is 2.84. The second-order valence-corrected chi connectivity index (χ2v) is 3.52. The number of aryl methyl sites for hydroxylation is 1. The predicted octanol–water partition coefficient (Wildman–Crippen LogP) is 1.36. The lowest BCUT2D eigenvalue weighted by Gasteiger charge is -2.12. The van der Waals surface area contributed by atoms with E-state index in [-0.39, 0.29) is 18.6 Å². The van der Waals surface area contributed by atoms with Crippen LogP contribution in [0.15, 0.2) is 22.8 Å². The molecule has 84 valence electrons. The quantitative estimate of drug-likeness (QED) is 0.773. The minimum atomic E-state index is -0.0792. The monoisotopic (exact) mass is 211 g/mol. The van der Waals surface area contributed by atoms with Crippen molar-refractivity contribution in [1.29, 1.82) is 0 Å². The summed E-state index contributed by atoms with van der Waals surface area (Å²) in [6, 6.07) is 3.94. The normalized spacial score (nSPS) is 12.4. The first kappa shape index (κ1) is 11.8. The van der Waals surface area contributed by atoms with Gasteiger partial charge in [0.25, 0.3) is 0 Å². The van der Waals surface area contributed by atoms with Gasteiger partial charge in [-0.1, -0.05) is 0 Å². The minimum absolute atomic E-state index is 0.0792. The Morgan fingerprint density at radius 2 is 2.47 bits per heavy atom. The highest BCUT2D eigenvalue weighted by Gasteiger charge is 2.07. The lowest BCUT2D eigenvalue weighted by Crippen LogP contribution is -2.35. The maximum absolute atomic E-state index is 11.2. The summed E-state index contributed by atoms with van der Waals surface area (Å²) in [6.45, 7) is 2.08. The number of ether oxygens (including phenoxy) is 1. The van der Waals surface area contributed by atoms with Gasteiger partial charge in [0.2, 0.25) is 5.91 Å². The van der Waals surface area contributed by atoms with Crippen molar-refractivity contribution in [2.24, 2.45) is 0 Å². The van der Waals surface area contributed by atoms with Crippen LogP contribution in [0.1, 0.15) is 19.1 Å². The van der Waals surface area contributed by atoms with Gasteiger partial charge in [-0.25, -0.2) is 0 Å². The second-order valence-electron chi connectivity index (χ2n) is 3.52. The molecule has 0 fully saturated rings. The molecule has 0 aliphatic rings. The maximum atomic E-state index is 11.2. The van der Waals surface area contributed by atoms with Crippen LogP contribution in [-0.4, -0.2) is 25.7 Å². The fourth-order valence-corrected chi connectivity index (χ4v) is 1.33. The summed E-state index contributed by atoms with van der Waals surface area (Å²) in [5.41, 5.74) is 0. The Balaban J connectivity index is 2.18. The zero-order chi connectivity index (χ0) is 11.1. The Hall–Kier alpha value is -1.29. The SMILES string of the molecule is COCC(=O)N[C@H](C)CCc1ccco1. The fourth-order valence-electron chi connectivity index (χ4n) is 1.33. The topological polar surface area (TPSA) is 51.5 Å². The van der Waals surface area contributed by atoms with Crippen LogP contribution in [0, 0.1) is 0 Å². The predicted molar refractivity (Wildman–Crippen MR) is 56.5 cm³/mol. The summed E-state index contributed by atoms with van der Waals surface area (Å²) >= 11 is 0. The van der Waals surface area contributed by atoms with Gasteiger partial charge >= 0.3 is 0 Å². The molecule has 0 saturated carbocycles. The smallest absolute Gasteiger partial charge is 0.246 e. The molecule has 0 saturated heterocycles. The molecule has 1 heterocycles. The molecule has 4 nitrogen and oxygen atoms in total. The molecule has 0 bridgehead atoms. The third kappa shape index (κ3) is 4.65. The van der Waals surface area contributed by atoms with Crippen LogP contribution < -0.4 is 5.32 Å². The van der Waals surface area contributed by atoms with Gasteiger partial charge in [-0.05, 0) is 25.5 Å². The Kier molecular flexibility index (Phi) is 4.90. The summed E-state index contributed by atoms with van der Waals surface area (Å²) in [7, 11) is 1.51. The molecule has 1 aromatic rings. The van der Waals surface area contributed by atoms with Crippen molar-refractivity contribution in [2.45, 2.75) is 25.8 Å². The molecule has 1 aromatic heterocycles. The van der Waals surface area contributed by atoms with E-state index in [1.54, 1.807) is 6.26 Å². The Labute approximate surface area is 89.6 Å². The van der Waals surface area contributed by atoms with Gasteiger partial charge < -0.3 is 14.5 Å². The minimum Gasteiger partial charge on any atom is -0.469 e. The van der Waals surface area contributed by atoms with Crippen molar-refractivity contribution in [3.8, 4) is 0 Å². The number of carbonyl (C=O) groups excluding carboxylic acids is 1. The van der Waals surface area contributed by atoms with E-state index in [2.05, 4.69) is 5.32 Å². The maximum Gasteiger partial charge on any atom is 0.246 e. The van der Waals surface area contributed by atoms with E-state index < -0.39 is 0 Å². The van der Waals surface area contributed by atoms with Crippen LogP contribution in [0.4, 0.5) is 0 Å². The number of furan rings is 1. The van der Waals surface area contributed by atoms with Gasteiger partial charge in [-0.3, -0.25) is 4.79 Å². The molecule has 0 unspecified atom stereocenters. The van der Waals surface area contributed by atoms with Crippen molar-refractivity contribution in [2.75, 3.05) is 13.7 Å². The largest absolute Gasteiger partial charge is 0.469 e. The number of carbonyl (C=O) groups is 1. The van der Waals surface area contributed by atoms with E-state index >= 15 is 0 Å². The fraction of sp³-hybridized carbons (Fsp3) is 0.545. The van der Waals surface area contributed by atoms with E-state index in [4.69, 9.17) is 9.15 Å². The van der Waals surface area contributed by atoms with E-state index in [0.29, 0.717) is 0 Å². The van der Waals surface area contributed by atoms with Crippen molar-refractivity contribution in [1.82, 2.24) is 5.32 Å². The number of methoxy groups -OCH3 is 1. The van der Waals surface area contributed by atoms with Gasteiger partial charge in [0.1, 0.15) is 12.4 Å². The average molecular weight is 211 g/mol. The Bertz CT molecular complexity index is 282. The molecule has 0 aliphatic carbocycles. The molecule has 0 aliphatic heterocycles. The molecule has 1 rings (SSSR count). The summed E-state index contributed by atoms with van der Waals surface area (Å²) in [4.78, 5) is 11.2. The highest BCUT2D eigenvalue weighted by atomic mass is 16.5. The molecule has 0 radical (unpaired) electrons. The third-order valence-electron chi connectivity index (χ3n) is 2.09. The van der Waals surface area contributed by atoms with Crippen LogP contribution in [0.2, 0.25) is 0 Å². The lowest BCUT2D eigenvalue weighted by atomic mass is 10.1. The van der Waals surface area contributed by atoms with Crippen LogP contribution in [0.25, 0.3) is 0 Å². The number of rotatable bonds is 6. The van der Waals surface area contributed by atoms with Gasteiger partial charge in [-0.2, -0.15) is 0 Å². The van der Waals surface area contributed by atoms with E-state index in [9.17, 15) is 4.79 Å². The molecule has 1 atom stereocenters.